The highest BCUT2D eigenvalue weighted by molar-refractivity contribution is 5.90. The Balaban J connectivity index is 1.25. The van der Waals surface area contributed by atoms with Crippen LogP contribution in [0, 0.1) is 5.82 Å². The van der Waals surface area contributed by atoms with Crippen molar-refractivity contribution < 1.29 is 18.8 Å². The summed E-state index contributed by atoms with van der Waals surface area (Å²) < 4.78 is 14.9. The van der Waals surface area contributed by atoms with E-state index in [1.807, 2.05) is 49.5 Å². The first-order chi connectivity index (χ1) is 18.4. The van der Waals surface area contributed by atoms with Crippen LogP contribution >= 0.6 is 0 Å². The number of likely N-dealkylation sites (tertiary alicyclic amines) is 1. The number of hydrogen-bond donors (Lipinski definition) is 2. The fraction of sp³-hybridized carbons (Fsp3) is 0.483. The number of hydrogen-bond acceptors (Lipinski definition) is 4. The molecule has 202 valence electrons. The van der Waals surface area contributed by atoms with E-state index < -0.39 is 12.1 Å². The first kappa shape index (κ1) is 26.2. The van der Waals surface area contributed by atoms with Crippen LogP contribution < -0.4 is 10.6 Å². The largest absolute Gasteiger partial charge is 0.343 e. The van der Waals surface area contributed by atoms with Gasteiger partial charge in [-0.2, -0.15) is 0 Å². The zero-order valence-corrected chi connectivity index (χ0v) is 21.9. The van der Waals surface area contributed by atoms with Crippen LogP contribution in [0.5, 0.6) is 0 Å². The van der Waals surface area contributed by atoms with Gasteiger partial charge in [-0.3, -0.25) is 9.59 Å². The molecule has 2 N–H and O–H groups in total. The van der Waals surface area contributed by atoms with Crippen molar-refractivity contribution in [2.24, 2.45) is 0 Å². The highest BCUT2D eigenvalue weighted by Gasteiger charge is 2.36. The monoisotopic (exact) mass is 521 g/mol. The Bertz CT molecular complexity index is 1160. The molecule has 1 saturated carbocycles. The quantitative estimate of drug-likeness (QED) is 0.587. The number of amides is 4. The fourth-order valence-electron chi connectivity index (χ4n) is 5.40. The predicted octanol–water partition coefficient (Wildman–Crippen LogP) is 2.86. The molecule has 0 radical (unpaired) electrons. The van der Waals surface area contributed by atoms with Crippen LogP contribution in [0.4, 0.5) is 9.18 Å². The average molecular weight is 522 g/mol. The second kappa shape index (κ2) is 11.5. The molecule has 2 atom stereocenters. The van der Waals surface area contributed by atoms with Gasteiger partial charge in [0.2, 0.25) is 11.8 Å². The summed E-state index contributed by atoms with van der Waals surface area (Å²) in [6.45, 7) is 3.15. The molecule has 4 amide bonds. The topological polar surface area (TPSA) is 85.0 Å². The lowest BCUT2D eigenvalue weighted by Gasteiger charge is -2.32. The number of nitrogens with one attached hydrogen (secondary N) is 2. The van der Waals surface area contributed by atoms with Gasteiger partial charge in [-0.15, -0.1) is 0 Å². The van der Waals surface area contributed by atoms with Crippen LogP contribution in [0.2, 0.25) is 0 Å². The summed E-state index contributed by atoms with van der Waals surface area (Å²) in [7, 11) is 2.01. The summed E-state index contributed by atoms with van der Waals surface area (Å²) in [5.74, 6) is -0.499. The van der Waals surface area contributed by atoms with Crippen LogP contribution in [0.1, 0.15) is 54.3 Å². The second-order valence-electron chi connectivity index (χ2n) is 10.6. The number of likely N-dealkylation sites (N-methyl/N-ethyl adjacent to an activating group) is 1. The molecule has 38 heavy (non-hydrogen) atoms. The maximum absolute atomic E-state index is 14.9. The number of carbonyl (C=O) groups is 3. The molecule has 1 aliphatic carbocycles. The second-order valence-corrected chi connectivity index (χ2v) is 10.6. The van der Waals surface area contributed by atoms with Crippen molar-refractivity contribution in [1.82, 2.24) is 25.3 Å². The van der Waals surface area contributed by atoms with Crippen molar-refractivity contribution >= 4 is 17.8 Å². The molecule has 8 nitrogen and oxygen atoms in total. The zero-order chi connectivity index (χ0) is 26.6. The highest BCUT2D eigenvalue weighted by Crippen LogP contribution is 2.41. The first-order valence-electron chi connectivity index (χ1n) is 13.6. The number of rotatable bonds is 7. The molecular formula is C29H36FN5O3. The number of halogens is 1. The first-order valence-corrected chi connectivity index (χ1v) is 13.6. The van der Waals surface area contributed by atoms with Gasteiger partial charge >= 0.3 is 6.03 Å². The average Bonchev–Trinajstić information content (AvgIpc) is 3.65. The summed E-state index contributed by atoms with van der Waals surface area (Å²) in [6, 6.07) is 13.3. The van der Waals surface area contributed by atoms with Gasteiger partial charge < -0.3 is 25.3 Å². The maximum Gasteiger partial charge on any atom is 0.317 e. The van der Waals surface area contributed by atoms with Crippen LogP contribution in [-0.4, -0.2) is 84.9 Å². The molecule has 2 saturated heterocycles. The van der Waals surface area contributed by atoms with E-state index in [1.54, 1.807) is 9.80 Å². The zero-order valence-electron chi connectivity index (χ0n) is 21.9. The van der Waals surface area contributed by atoms with Gasteiger partial charge in [-0.25, -0.2) is 9.18 Å². The van der Waals surface area contributed by atoms with Gasteiger partial charge in [0.15, 0.2) is 0 Å². The van der Waals surface area contributed by atoms with Crippen LogP contribution in [-0.2, 0) is 9.59 Å². The molecule has 5 rings (SSSR count). The molecule has 0 spiro atoms. The van der Waals surface area contributed by atoms with Gasteiger partial charge in [0, 0.05) is 32.7 Å². The fourth-order valence-corrected chi connectivity index (χ4v) is 5.40. The summed E-state index contributed by atoms with van der Waals surface area (Å²) >= 11 is 0. The Morgan fingerprint density at radius 3 is 2.37 bits per heavy atom. The van der Waals surface area contributed by atoms with Gasteiger partial charge in [-0.1, -0.05) is 42.5 Å². The Morgan fingerprint density at radius 1 is 0.947 bits per heavy atom. The molecule has 2 aromatic rings. The molecule has 3 aliphatic rings. The minimum absolute atomic E-state index is 0.148. The number of piperazine rings is 1. The molecular weight excluding hydrogens is 485 g/mol. The van der Waals surface area contributed by atoms with E-state index >= 15 is 0 Å². The normalized spacial score (nSPS) is 20.7. The summed E-state index contributed by atoms with van der Waals surface area (Å²) in [6.07, 6.45) is 3.27. The Labute approximate surface area is 223 Å². The standard InChI is InChI=1S/C29H36FN5O3/c1-33-14-16-34(17-15-33)29(38)31-19-26(36)35-13-5-8-25(35)28(37)32-27(21-6-3-2-4-7-21)22-11-12-23(20-9-10-20)24(30)18-22/h2-4,6-7,11-12,18,20,25,27H,5,8-10,13-17,19H2,1H3,(H,31,38)(H,32,37)/t25-,27-/m0/s1. The van der Waals surface area contributed by atoms with Gasteiger partial charge in [0.05, 0.1) is 12.6 Å². The Hall–Kier alpha value is -3.46. The van der Waals surface area contributed by atoms with E-state index in [9.17, 15) is 18.8 Å². The summed E-state index contributed by atoms with van der Waals surface area (Å²) in [5.41, 5.74) is 2.24. The molecule has 2 aliphatic heterocycles. The number of nitrogens with zero attached hydrogens (tertiary/aromatic N) is 3. The van der Waals surface area contributed by atoms with Gasteiger partial charge in [-0.05, 0) is 61.4 Å². The van der Waals surface area contributed by atoms with Crippen molar-refractivity contribution in [3.05, 3.63) is 71.0 Å². The van der Waals surface area contributed by atoms with E-state index in [-0.39, 0.29) is 30.2 Å². The maximum atomic E-state index is 14.9. The Morgan fingerprint density at radius 2 is 1.68 bits per heavy atom. The molecule has 0 unspecified atom stereocenters. The number of carbonyl (C=O) groups excluding carboxylic acids is 3. The van der Waals surface area contributed by atoms with Gasteiger partial charge in [0.1, 0.15) is 11.9 Å². The number of benzene rings is 2. The lowest BCUT2D eigenvalue weighted by molar-refractivity contribution is -0.137. The molecule has 2 heterocycles. The van der Waals surface area contributed by atoms with E-state index in [2.05, 4.69) is 15.5 Å². The summed E-state index contributed by atoms with van der Waals surface area (Å²) in [5, 5.41) is 5.81. The minimum atomic E-state index is -0.634. The van der Waals surface area contributed by atoms with Crippen LogP contribution in [0.25, 0.3) is 0 Å². The van der Waals surface area contributed by atoms with Crippen molar-refractivity contribution in [2.75, 3.05) is 46.3 Å². The van der Waals surface area contributed by atoms with E-state index in [1.165, 1.54) is 6.07 Å². The van der Waals surface area contributed by atoms with E-state index in [0.29, 0.717) is 44.0 Å². The van der Waals surface area contributed by atoms with Crippen molar-refractivity contribution in [2.45, 2.75) is 43.7 Å². The highest BCUT2D eigenvalue weighted by atomic mass is 19.1. The van der Waals surface area contributed by atoms with Crippen molar-refractivity contribution in [3.8, 4) is 0 Å². The van der Waals surface area contributed by atoms with Crippen molar-refractivity contribution in [1.29, 1.82) is 0 Å². The Kier molecular flexibility index (Phi) is 7.93. The number of urea groups is 1. The third kappa shape index (κ3) is 5.99. The third-order valence-corrected chi connectivity index (χ3v) is 7.85. The van der Waals surface area contributed by atoms with E-state index in [0.717, 1.165) is 37.1 Å². The lowest BCUT2D eigenvalue weighted by atomic mass is 9.96. The van der Waals surface area contributed by atoms with E-state index in [4.69, 9.17) is 0 Å². The lowest BCUT2D eigenvalue weighted by Crippen LogP contribution is -2.53. The predicted molar refractivity (Wildman–Crippen MR) is 142 cm³/mol. The third-order valence-electron chi connectivity index (χ3n) is 7.85. The van der Waals surface area contributed by atoms with Crippen LogP contribution in [0.3, 0.4) is 0 Å². The smallest absolute Gasteiger partial charge is 0.317 e. The molecule has 0 bridgehead atoms. The molecule has 9 heteroatoms. The van der Waals surface area contributed by atoms with Crippen LogP contribution in [0.15, 0.2) is 48.5 Å². The molecule has 3 fully saturated rings. The molecule has 2 aromatic carbocycles. The SMILES string of the molecule is CN1CCN(C(=O)NCC(=O)N2CCC[C@H]2C(=O)N[C@@H](c2ccccc2)c2ccc(C3CC3)c(F)c2)CC1. The van der Waals surface area contributed by atoms with Crippen molar-refractivity contribution in [3.63, 3.8) is 0 Å². The molecule has 0 aromatic heterocycles. The van der Waals surface area contributed by atoms with Gasteiger partial charge in [0.25, 0.3) is 0 Å². The minimum Gasteiger partial charge on any atom is -0.343 e. The summed E-state index contributed by atoms with van der Waals surface area (Å²) in [4.78, 5) is 44.5.